The highest BCUT2D eigenvalue weighted by molar-refractivity contribution is 9.10. The van der Waals surface area contributed by atoms with Crippen LogP contribution in [0, 0.1) is 0 Å². The van der Waals surface area contributed by atoms with Gasteiger partial charge in [-0.2, -0.15) is 13.2 Å². The summed E-state index contributed by atoms with van der Waals surface area (Å²) in [5, 5.41) is 0.389. The van der Waals surface area contributed by atoms with E-state index in [1.54, 1.807) is 24.4 Å². The lowest BCUT2D eigenvalue weighted by atomic mass is 10.1. The number of ether oxygens (including phenoxy) is 1. The normalized spacial score (nSPS) is 11.8. The zero-order valence-corrected chi connectivity index (χ0v) is 12.1. The van der Waals surface area contributed by atoms with E-state index in [0.29, 0.717) is 22.4 Å². The standard InChI is InChI=1S/C15H9BrF3NO/c16-11-3-1-2-4-13(11)21-14-8-20-12-6-5-9(7-10(12)14)15(17,18)19/h1-8,20H. The number of benzene rings is 2. The maximum Gasteiger partial charge on any atom is 0.416 e. The minimum atomic E-state index is -4.38. The van der Waals surface area contributed by atoms with E-state index in [1.807, 2.05) is 6.07 Å². The number of H-pyrrole nitrogens is 1. The molecule has 21 heavy (non-hydrogen) atoms. The molecule has 0 saturated carbocycles. The highest BCUT2D eigenvalue weighted by Gasteiger charge is 2.30. The molecule has 0 radical (unpaired) electrons. The maximum atomic E-state index is 12.8. The van der Waals surface area contributed by atoms with Crippen LogP contribution >= 0.6 is 15.9 Å². The molecule has 0 saturated heterocycles. The number of hydrogen-bond acceptors (Lipinski definition) is 1. The first-order valence-electron chi connectivity index (χ1n) is 6.06. The van der Waals surface area contributed by atoms with Crippen molar-refractivity contribution in [2.45, 2.75) is 6.18 Å². The van der Waals surface area contributed by atoms with E-state index < -0.39 is 11.7 Å². The Morgan fingerprint density at radius 3 is 2.48 bits per heavy atom. The van der Waals surface area contributed by atoms with Gasteiger partial charge in [-0.15, -0.1) is 0 Å². The molecule has 1 heterocycles. The second-order valence-electron chi connectivity index (χ2n) is 4.44. The van der Waals surface area contributed by atoms with E-state index in [0.717, 1.165) is 16.6 Å². The minimum Gasteiger partial charge on any atom is -0.454 e. The molecule has 1 aromatic heterocycles. The van der Waals surface area contributed by atoms with E-state index in [2.05, 4.69) is 20.9 Å². The van der Waals surface area contributed by atoms with Gasteiger partial charge >= 0.3 is 6.18 Å². The number of fused-ring (bicyclic) bond motifs is 1. The molecule has 2 aromatic carbocycles. The van der Waals surface area contributed by atoms with E-state index in [-0.39, 0.29) is 0 Å². The second-order valence-corrected chi connectivity index (χ2v) is 5.30. The van der Waals surface area contributed by atoms with Gasteiger partial charge in [-0.25, -0.2) is 0 Å². The number of para-hydroxylation sites is 1. The van der Waals surface area contributed by atoms with E-state index in [1.165, 1.54) is 6.07 Å². The Kier molecular flexibility index (Phi) is 3.41. The summed E-state index contributed by atoms with van der Waals surface area (Å²) >= 11 is 3.34. The molecule has 0 spiro atoms. The van der Waals surface area contributed by atoms with Crippen LogP contribution in [0.5, 0.6) is 11.5 Å². The summed E-state index contributed by atoms with van der Waals surface area (Å²) in [6.45, 7) is 0. The smallest absolute Gasteiger partial charge is 0.416 e. The Hall–Kier alpha value is -1.95. The Bertz CT molecular complexity index is 795. The maximum absolute atomic E-state index is 12.8. The second kappa shape index (κ2) is 5.11. The Balaban J connectivity index is 2.05. The van der Waals surface area contributed by atoms with Crippen LogP contribution in [0.4, 0.5) is 13.2 Å². The average molecular weight is 356 g/mol. The van der Waals surface area contributed by atoms with E-state index in [4.69, 9.17) is 4.74 Å². The number of hydrogen-bond donors (Lipinski definition) is 1. The first-order chi connectivity index (χ1) is 9.95. The van der Waals surface area contributed by atoms with Crippen molar-refractivity contribution < 1.29 is 17.9 Å². The number of aromatic nitrogens is 1. The minimum absolute atomic E-state index is 0.350. The summed E-state index contributed by atoms with van der Waals surface area (Å²) in [7, 11) is 0. The fraction of sp³-hybridized carbons (Fsp3) is 0.0667. The van der Waals surface area contributed by atoms with Gasteiger partial charge in [-0.05, 0) is 46.3 Å². The fourth-order valence-electron chi connectivity index (χ4n) is 2.00. The molecule has 3 rings (SSSR count). The molecule has 0 aliphatic rings. The summed E-state index contributed by atoms with van der Waals surface area (Å²) < 4.78 is 44.8. The molecular weight excluding hydrogens is 347 g/mol. The number of halogens is 4. The van der Waals surface area contributed by atoms with Crippen LogP contribution < -0.4 is 4.74 Å². The van der Waals surface area contributed by atoms with E-state index in [9.17, 15) is 13.2 Å². The Morgan fingerprint density at radius 2 is 1.76 bits per heavy atom. The van der Waals surface area contributed by atoms with Crippen molar-refractivity contribution in [2.75, 3.05) is 0 Å². The zero-order valence-electron chi connectivity index (χ0n) is 10.5. The Labute approximate surface area is 126 Å². The number of alkyl halides is 3. The molecule has 6 heteroatoms. The van der Waals surface area contributed by atoms with Gasteiger partial charge in [0.05, 0.1) is 10.0 Å². The molecule has 2 nitrogen and oxygen atoms in total. The molecule has 0 aliphatic heterocycles. The molecule has 0 bridgehead atoms. The zero-order chi connectivity index (χ0) is 15.0. The van der Waals surface area contributed by atoms with Crippen molar-refractivity contribution in [1.82, 2.24) is 4.98 Å². The van der Waals surface area contributed by atoms with Gasteiger partial charge in [0.1, 0.15) is 5.75 Å². The first-order valence-corrected chi connectivity index (χ1v) is 6.85. The summed E-state index contributed by atoms with van der Waals surface area (Å²) in [6.07, 6.45) is -2.83. The van der Waals surface area contributed by atoms with Gasteiger partial charge in [0.15, 0.2) is 5.75 Å². The van der Waals surface area contributed by atoms with Crippen molar-refractivity contribution >= 4 is 26.8 Å². The molecule has 0 amide bonds. The van der Waals surface area contributed by atoms with Crippen molar-refractivity contribution in [2.24, 2.45) is 0 Å². The number of aromatic amines is 1. The largest absolute Gasteiger partial charge is 0.454 e. The van der Waals surface area contributed by atoms with Crippen LogP contribution in [0.3, 0.4) is 0 Å². The molecular formula is C15H9BrF3NO. The van der Waals surface area contributed by atoms with E-state index >= 15 is 0 Å². The molecule has 0 aliphatic carbocycles. The predicted molar refractivity (Wildman–Crippen MR) is 77.5 cm³/mol. The fourth-order valence-corrected chi connectivity index (χ4v) is 2.37. The first kappa shape index (κ1) is 14.0. The van der Waals surface area contributed by atoms with Gasteiger partial charge in [0.25, 0.3) is 0 Å². The lowest BCUT2D eigenvalue weighted by Crippen LogP contribution is -2.04. The summed E-state index contributed by atoms with van der Waals surface area (Å²) in [6, 6.07) is 10.7. The molecule has 3 aromatic rings. The molecule has 1 N–H and O–H groups in total. The molecule has 0 unspecified atom stereocenters. The monoisotopic (exact) mass is 355 g/mol. The van der Waals surface area contributed by atoms with Gasteiger partial charge in [0.2, 0.25) is 0 Å². The molecule has 0 fully saturated rings. The highest BCUT2D eigenvalue weighted by atomic mass is 79.9. The van der Waals surface area contributed by atoms with Gasteiger partial charge in [-0.3, -0.25) is 0 Å². The van der Waals surface area contributed by atoms with Crippen LogP contribution in [0.15, 0.2) is 53.1 Å². The van der Waals surface area contributed by atoms with Gasteiger partial charge in [-0.1, -0.05) is 12.1 Å². The third-order valence-corrected chi connectivity index (χ3v) is 3.68. The number of rotatable bonds is 2. The van der Waals surface area contributed by atoms with Crippen molar-refractivity contribution in [3.05, 3.63) is 58.7 Å². The van der Waals surface area contributed by atoms with Crippen LogP contribution in [-0.4, -0.2) is 4.98 Å². The van der Waals surface area contributed by atoms with Gasteiger partial charge in [0, 0.05) is 17.1 Å². The van der Waals surface area contributed by atoms with Crippen LogP contribution in [-0.2, 0) is 6.18 Å². The quantitative estimate of drug-likeness (QED) is 0.622. The molecule has 0 atom stereocenters. The van der Waals surface area contributed by atoms with Crippen LogP contribution in [0.1, 0.15) is 5.56 Å². The van der Waals surface area contributed by atoms with Crippen LogP contribution in [0.25, 0.3) is 10.9 Å². The number of nitrogens with one attached hydrogen (secondary N) is 1. The summed E-state index contributed by atoms with van der Waals surface area (Å²) in [5.41, 5.74) is -0.114. The van der Waals surface area contributed by atoms with Crippen molar-refractivity contribution in [3.63, 3.8) is 0 Å². The summed E-state index contributed by atoms with van der Waals surface area (Å²) in [5.74, 6) is 0.888. The lowest BCUT2D eigenvalue weighted by molar-refractivity contribution is -0.137. The predicted octanol–water partition coefficient (Wildman–Crippen LogP) is 5.74. The lowest BCUT2D eigenvalue weighted by Gasteiger charge is -2.08. The van der Waals surface area contributed by atoms with Crippen molar-refractivity contribution in [3.8, 4) is 11.5 Å². The Morgan fingerprint density at radius 1 is 1.00 bits per heavy atom. The van der Waals surface area contributed by atoms with Gasteiger partial charge < -0.3 is 9.72 Å². The average Bonchev–Trinajstić information content (AvgIpc) is 2.83. The van der Waals surface area contributed by atoms with Crippen molar-refractivity contribution in [1.29, 1.82) is 0 Å². The molecule has 108 valence electrons. The topological polar surface area (TPSA) is 25.0 Å². The summed E-state index contributed by atoms with van der Waals surface area (Å²) in [4.78, 5) is 2.90. The van der Waals surface area contributed by atoms with Crippen LogP contribution in [0.2, 0.25) is 0 Å². The highest BCUT2D eigenvalue weighted by Crippen LogP contribution is 2.37. The third-order valence-electron chi connectivity index (χ3n) is 3.03. The third kappa shape index (κ3) is 2.76. The SMILES string of the molecule is FC(F)(F)c1ccc2[nH]cc(Oc3ccccc3Br)c2c1.